The highest BCUT2D eigenvalue weighted by Crippen LogP contribution is 3.03. The van der Waals surface area contributed by atoms with E-state index in [1.807, 2.05) is 0 Å². The van der Waals surface area contributed by atoms with Gasteiger partial charge in [-0.25, -0.2) is 4.39 Å². The third-order valence-electron chi connectivity index (χ3n) is 3.77. The maximum atomic E-state index is 12.7. The Morgan fingerprint density at radius 3 is 1.71 bits per heavy atom. The summed E-state index contributed by atoms with van der Waals surface area (Å²) in [7, 11) is 0. The first-order chi connectivity index (χ1) is 3.37. The van der Waals surface area contributed by atoms with Crippen LogP contribution in [0, 0.1) is 29.6 Å². The predicted octanol–water partition coefficient (Wildman–Crippen LogP) is 0.830. The minimum atomic E-state index is -0.519. The zero-order chi connectivity index (χ0) is 4.39. The van der Waals surface area contributed by atoms with Crippen molar-refractivity contribution in [1.82, 2.24) is 0 Å². The van der Waals surface area contributed by atoms with Gasteiger partial charge < -0.3 is 0 Å². The maximum absolute atomic E-state index is 12.7. The summed E-state index contributed by atoms with van der Waals surface area (Å²) in [5.74, 6) is 3.69. The zero-order valence-corrected chi connectivity index (χ0v) is 3.76. The van der Waals surface area contributed by atoms with Gasteiger partial charge in [0.15, 0.2) is 0 Å². The Hall–Kier alpha value is -0.0700. The monoisotopic (exact) mass is 96.0 g/mol. The predicted molar refractivity (Wildman–Crippen MR) is 21.3 cm³/mol. The van der Waals surface area contributed by atoms with Crippen molar-refractivity contribution < 1.29 is 4.39 Å². The van der Waals surface area contributed by atoms with Crippen molar-refractivity contribution in [2.24, 2.45) is 29.6 Å². The quantitative estimate of drug-likeness (QED) is 0.419. The summed E-state index contributed by atoms with van der Waals surface area (Å²) < 4.78 is 12.7. The Morgan fingerprint density at radius 1 is 1.00 bits per heavy atom. The molecule has 4 atom stereocenters. The molecule has 4 unspecified atom stereocenters. The van der Waals surface area contributed by atoms with Crippen molar-refractivity contribution in [3.8, 4) is 0 Å². The van der Waals surface area contributed by atoms with Crippen molar-refractivity contribution >= 4 is 0 Å². The number of alkyl halides is 1. The number of hydrogen-bond acceptors (Lipinski definition) is 0. The van der Waals surface area contributed by atoms with Gasteiger partial charge in [0, 0.05) is 17.8 Å². The molecule has 0 amide bonds. The molecule has 7 heavy (non-hydrogen) atoms. The molecule has 0 spiro atoms. The van der Waals surface area contributed by atoms with Crippen LogP contribution < -0.4 is 0 Å². The van der Waals surface area contributed by atoms with E-state index in [0.29, 0.717) is 17.8 Å². The molecule has 0 heterocycles. The molecule has 0 saturated heterocycles. The normalized spacial score (nSPS) is 105. The van der Waals surface area contributed by atoms with Crippen LogP contribution in [0.1, 0.15) is 0 Å². The first kappa shape index (κ1) is 2.47. The SMILES string of the molecule is FC12C3C4C3C1C42. The van der Waals surface area contributed by atoms with Crippen LogP contribution in [0.2, 0.25) is 0 Å². The van der Waals surface area contributed by atoms with E-state index in [9.17, 15) is 4.39 Å². The van der Waals surface area contributed by atoms with Gasteiger partial charge in [0.25, 0.3) is 0 Å². The van der Waals surface area contributed by atoms with Crippen LogP contribution in [0.25, 0.3) is 0 Å². The van der Waals surface area contributed by atoms with Crippen molar-refractivity contribution in [2.75, 3.05) is 0 Å². The lowest BCUT2D eigenvalue weighted by atomic mass is 9.97. The zero-order valence-electron chi connectivity index (χ0n) is 3.76. The Morgan fingerprint density at radius 2 is 1.57 bits per heavy atom. The molecular formula is C6H5F. The smallest absolute Gasteiger partial charge is 0.121 e. The standard InChI is InChI=1S/C6H5F/c7-6-3-1-2(3)5(6)4(1)6/h1-5H. The molecular weight excluding hydrogens is 91.1 g/mol. The first-order valence-electron chi connectivity index (χ1n) is 3.06. The number of hydrogen-bond donors (Lipinski definition) is 0. The van der Waals surface area contributed by atoms with E-state index in [1.54, 1.807) is 0 Å². The average Bonchev–Trinajstić information content (AvgIpc) is 2.05. The van der Waals surface area contributed by atoms with Crippen molar-refractivity contribution in [3.63, 3.8) is 0 Å². The van der Waals surface area contributed by atoms with Crippen LogP contribution in [0.3, 0.4) is 0 Å². The molecule has 0 aliphatic heterocycles. The molecule has 5 fully saturated rings. The molecule has 5 rings (SSSR count). The third-order valence-corrected chi connectivity index (χ3v) is 3.77. The number of rotatable bonds is 0. The van der Waals surface area contributed by atoms with Crippen molar-refractivity contribution in [2.45, 2.75) is 5.67 Å². The van der Waals surface area contributed by atoms with Crippen LogP contribution in [0.4, 0.5) is 4.39 Å². The summed E-state index contributed by atoms with van der Waals surface area (Å²) >= 11 is 0. The van der Waals surface area contributed by atoms with E-state index in [1.165, 1.54) is 0 Å². The van der Waals surface area contributed by atoms with Crippen molar-refractivity contribution in [1.29, 1.82) is 0 Å². The second-order valence-corrected chi connectivity index (χ2v) is 3.56. The molecule has 0 N–H and O–H groups in total. The highest BCUT2D eigenvalue weighted by Gasteiger charge is 3.07. The van der Waals surface area contributed by atoms with Gasteiger partial charge in [0.05, 0.1) is 0 Å². The molecule has 1 heteroatoms. The summed E-state index contributed by atoms with van der Waals surface area (Å²) in [5.41, 5.74) is -0.519. The molecule has 0 radical (unpaired) electrons. The van der Waals surface area contributed by atoms with Crippen LogP contribution >= 0.6 is 0 Å². The lowest BCUT2D eigenvalue weighted by Gasteiger charge is -2.15. The van der Waals surface area contributed by atoms with E-state index in [4.69, 9.17) is 0 Å². The minimum Gasteiger partial charge on any atom is -0.243 e. The van der Waals surface area contributed by atoms with Gasteiger partial charge in [0.2, 0.25) is 0 Å². The molecule has 0 aromatic heterocycles. The Bertz CT molecular complexity index is 157. The molecule has 0 nitrogen and oxygen atoms in total. The Kier molecular flexibility index (Phi) is 0.116. The first-order valence-corrected chi connectivity index (χ1v) is 3.06. The number of halogens is 1. The molecule has 0 aromatic rings. The Balaban J connectivity index is 2.17. The maximum Gasteiger partial charge on any atom is 0.121 e. The lowest BCUT2D eigenvalue weighted by molar-refractivity contribution is 0.140. The molecule has 0 bridgehead atoms. The summed E-state index contributed by atoms with van der Waals surface area (Å²) in [4.78, 5) is 0. The van der Waals surface area contributed by atoms with Gasteiger partial charge in [-0.15, -0.1) is 0 Å². The summed E-state index contributed by atoms with van der Waals surface area (Å²) in [6.45, 7) is 0. The van der Waals surface area contributed by atoms with E-state index in [2.05, 4.69) is 0 Å². The molecule has 36 valence electrons. The van der Waals surface area contributed by atoms with Crippen LogP contribution in [-0.4, -0.2) is 5.67 Å². The molecule has 0 aromatic carbocycles. The Labute approximate surface area is 40.7 Å². The molecule has 5 aliphatic rings. The van der Waals surface area contributed by atoms with E-state index in [-0.39, 0.29) is 0 Å². The van der Waals surface area contributed by atoms with Crippen LogP contribution in [-0.2, 0) is 0 Å². The van der Waals surface area contributed by atoms with Gasteiger partial charge in [-0.1, -0.05) is 0 Å². The van der Waals surface area contributed by atoms with Gasteiger partial charge in [-0.2, -0.15) is 0 Å². The third kappa shape index (κ3) is 0.0637. The van der Waals surface area contributed by atoms with E-state index < -0.39 is 5.67 Å². The second kappa shape index (κ2) is 0.329. The van der Waals surface area contributed by atoms with Crippen LogP contribution in [0.15, 0.2) is 0 Å². The van der Waals surface area contributed by atoms with Gasteiger partial charge >= 0.3 is 0 Å². The summed E-state index contributed by atoms with van der Waals surface area (Å²) in [5, 5.41) is 0. The fourth-order valence-electron chi connectivity index (χ4n) is 3.44. The summed E-state index contributed by atoms with van der Waals surface area (Å²) in [6, 6.07) is 0. The fourth-order valence-corrected chi connectivity index (χ4v) is 3.44. The second-order valence-electron chi connectivity index (χ2n) is 3.56. The van der Waals surface area contributed by atoms with Crippen LogP contribution in [0.5, 0.6) is 0 Å². The van der Waals surface area contributed by atoms with Gasteiger partial charge in [0.1, 0.15) is 5.67 Å². The van der Waals surface area contributed by atoms with E-state index in [0.717, 1.165) is 11.8 Å². The average molecular weight is 96.1 g/mol. The molecule has 5 saturated carbocycles. The minimum absolute atomic E-state index is 0.519. The molecule has 5 aliphatic carbocycles. The summed E-state index contributed by atoms with van der Waals surface area (Å²) in [6.07, 6.45) is 0. The fraction of sp³-hybridized carbons (Fsp3) is 1.00. The largest absolute Gasteiger partial charge is 0.243 e. The highest BCUT2D eigenvalue weighted by atomic mass is 19.1. The van der Waals surface area contributed by atoms with Gasteiger partial charge in [-0.05, 0) is 11.8 Å². The topological polar surface area (TPSA) is 0 Å². The van der Waals surface area contributed by atoms with Gasteiger partial charge in [-0.3, -0.25) is 0 Å². The lowest BCUT2D eigenvalue weighted by Crippen LogP contribution is -2.22. The van der Waals surface area contributed by atoms with E-state index >= 15 is 0 Å². The highest BCUT2D eigenvalue weighted by molar-refractivity contribution is 5.54. The van der Waals surface area contributed by atoms with Crippen molar-refractivity contribution in [3.05, 3.63) is 0 Å².